The molecule has 9 nitrogen and oxygen atoms in total. The number of aromatic nitrogens is 5. The highest BCUT2D eigenvalue weighted by Gasteiger charge is 2.29. The van der Waals surface area contributed by atoms with Crippen molar-refractivity contribution in [1.82, 2.24) is 24.5 Å². The molecule has 1 saturated carbocycles. The van der Waals surface area contributed by atoms with Gasteiger partial charge in [-0.05, 0) is 37.8 Å². The van der Waals surface area contributed by atoms with E-state index in [4.69, 9.17) is 5.73 Å². The minimum atomic E-state index is -0.878. The Morgan fingerprint density at radius 1 is 1.20 bits per heavy atom. The number of benzene rings is 1. The van der Waals surface area contributed by atoms with Gasteiger partial charge in [0, 0.05) is 12.0 Å². The zero-order valence-corrected chi connectivity index (χ0v) is 16.6. The number of nitrogens with one attached hydrogen (secondary N) is 1. The van der Waals surface area contributed by atoms with Crippen LogP contribution in [0.15, 0.2) is 24.5 Å². The fourth-order valence-corrected chi connectivity index (χ4v) is 4.88. The summed E-state index contributed by atoms with van der Waals surface area (Å²) in [6.07, 6.45) is 3.54. The lowest BCUT2D eigenvalue weighted by Gasteiger charge is -2.28. The normalized spacial score (nSPS) is 19.4. The van der Waals surface area contributed by atoms with Gasteiger partial charge in [-0.3, -0.25) is 4.79 Å². The summed E-state index contributed by atoms with van der Waals surface area (Å²) in [7, 11) is 0. The number of nitrogens with two attached hydrogens (primary N) is 1. The number of nitrogens with zero attached hydrogens (tertiary/aromatic N) is 5. The molecule has 11 heteroatoms. The van der Waals surface area contributed by atoms with Crippen LogP contribution in [-0.4, -0.2) is 35.5 Å². The minimum absolute atomic E-state index is 0.0196. The summed E-state index contributed by atoms with van der Waals surface area (Å²) in [4.78, 5) is 28.6. The smallest absolute Gasteiger partial charge is 0.312 e. The Morgan fingerprint density at radius 3 is 2.77 bits per heavy atom. The maximum absolute atomic E-state index is 13.6. The van der Waals surface area contributed by atoms with Crippen LogP contribution in [0.1, 0.15) is 31.7 Å². The van der Waals surface area contributed by atoms with E-state index in [9.17, 15) is 14.3 Å². The van der Waals surface area contributed by atoms with E-state index < -0.39 is 6.08 Å². The molecule has 1 aromatic carbocycles. The SMILES string of the molecule is Nc1nc(F)nc2c1ncn2[C@H]1CC[C@@H](C(=O)Nc2nc3c(O)cccc3s2)CC1. The van der Waals surface area contributed by atoms with Crippen LogP contribution in [0.5, 0.6) is 5.75 Å². The molecule has 3 heterocycles. The fraction of sp³-hybridized carbons (Fsp3) is 0.316. The average molecular weight is 427 g/mol. The number of amides is 1. The van der Waals surface area contributed by atoms with Gasteiger partial charge in [-0.25, -0.2) is 9.97 Å². The number of anilines is 2. The van der Waals surface area contributed by atoms with Crippen molar-refractivity contribution in [3.8, 4) is 5.75 Å². The van der Waals surface area contributed by atoms with Gasteiger partial charge in [0.25, 0.3) is 0 Å². The summed E-state index contributed by atoms with van der Waals surface area (Å²) in [5.41, 5.74) is 6.98. The van der Waals surface area contributed by atoms with Gasteiger partial charge < -0.3 is 20.7 Å². The number of carbonyl (C=O) groups excluding carboxylic acids is 1. The molecule has 5 rings (SSSR count). The van der Waals surface area contributed by atoms with Crippen LogP contribution in [0, 0.1) is 12.0 Å². The molecule has 1 aliphatic carbocycles. The van der Waals surface area contributed by atoms with Crippen LogP contribution in [0.3, 0.4) is 0 Å². The summed E-state index contributed by atoms with van der Waals surface area (Å²) >= 11 is 1.33. The van der Waals surface area contributed by atoms with Crippen LogP contribution in [-0.2, 0) is 4.79 Å². The molecule has 1 amide bonds. The van der Waals surface area contributed by atoms with E-state index in [2.05, 4.69) is 25.3 Å². The Labute approximate surface area is 173 Å². The number of phenolic OH excluding ortho intramolecular Hbond substituents is 1. The molecular formula is C19H18FN7O2S. The molecule has 4 aromatic rings. The first-order valence-electron chi connectivity index (χ1n) is 9.54. The molecular weight excluding hydrogens is 409 g/mol. The summed E-state index contributed by atoms with van der Waals surface area (Å²) in [6.45, 7) is 0. The molecule has 0 radical (unpaired) electrons. The highest BCUT2D eigenvalue weighted by Crippen LogP contribution is 2.36. The number of nitrogen functional groups attached to an aromatic ring is 1. The van der Waals surface area contributed by atoms with Gasteiger partial charge in [0.2, 0.25) is 5.91 Å². The van der Waals surface area contributed by atoms with Crippen LogP contribution < -0.4 is 11.1 Å². The van der Waals surface area contributed by atoms with Crippen LogP contribution >= 0.6 is 11.3 Å². The first-order chi connectivity index (χ1) is 14.5. The number of aromatic hydroxyl groups is 1. The van der Waals surface area contributed by atoms with E-state index in [-0.39, 0.29) is 29.4 Å². The van der Waals surface area contributed by atoms with Crippen molar-refractivity contribution >= 4 is 49.6 Å². The molecule has 0 atom stereocenters. The Balaban J connectivity index is 1.27. The summed E-state index contributed by atoms with van der Waals surface area (Å²) in [5.74, 6) is -0.113. The number of fused-ring (bicyclic) bond motifs is 2. The molecule has 30 heavy (non-hydrogen) atoms. The van der Waals surface area contributed by atoms with Gasteiger partial charge in [0.15, 0.2) is 16.6 Å². The number of carbonyl (C=O) groups is 1. The van der Waals surface area contributed by atoms with E-state index in [1.165, 1.54) is 11.3 Å². The second-order valence-corrected chi connectivity index (χ2v) is 8.37. The maximum Gasteiger partial charge on any atom is 0.312 e. The van der Waals surface area contributed by atoms with E-state index >= 15 is 0 Å². The summed E-state index contributed by atoms with van der Waals surface area (Å²) in [5, 5.41) is 13.2. The Bertz CT molecular complexity index is 1260. The first-order valence-corrected chi connectivity index (χ1v) is 10.4. The minimum Gasteiger partial charge on any atom is -0.506 e. The van der Waals surface area contributed by atoms with Crippen molar-refractivity contribution in [3.63, 3.8) is 0 Å². The molecule has 154 valence electrons. The summed E-state index contributed by atoms with van der Waals surface area (Å²) < 4.78 is 16.2. The number of rotatable bonds is 3. The van der Waals surface area contributed by atoms with E-state index in [0.717, 1.165) is 17.5 Å². The van der Waals surface area contributed by atoms with Crippen molar-refractivity contribution in [2.45, 2.75) is 31.7 Å². The Hall–Kier alpha value is -3.34. The quantitative estimate of drug-likeness (QED) is 0.428. The predicted octanol–water partition coefficient (Wildman–Crippen LogP) is 3.23. The van der Waals surface area contributed by atoms with Gasteiger partial charge in [0.1, 0.15) is 16.8 Å². The number of halogens is 1. The van der Waals surface area contributed by atoms with E-state index in [1.54, 1.807) is 18.5 Å². The Kier molecular flexibility index (Phi) is 4.46. The second kappa shape index (κ2) is 7.17. The van der Waals surface area contributed by atoms with Crippen molar-refractivity contribution in [3.05, 3.63) is 30.6 Å². The molecule has 4 N–H and O–H groups in total. The molecule has 1 aliphatic rings. The Morgan fingerprint density at radius 2 is 2.00 bits per heavy atom. The molecule has 0 saturated heterocycles. The standard InChI is InChI=1S/C19H18FN7O2S/c20-18-24-15(21)14-16(25-18)27(8-22-14)10-6-4-9(5-7-10)17(29)26-19-23-13-11(28)2-1-3-12(13)30-19/h1-3,8-10,28H,4-7H2,(H2,21,24,25)(H,23,26,29)/t9-,10+. The number of imidazole rings is 1. The van der Waals surface area contributed by atoms with Gasteiger partial charge >= 0.3 is 6.08 Å². The number of hydrogen-bond acceptors (Lipinski definition) is 8. The number of thiazole rings is 1. The highest BCUT2D eigenvalue weighted by molar-refractivity contribution is 7.22. The van der Waals surface area contributed by atoms with E-state index in [1.807, 2.05) is 10.6 Å². The molecule has 1 fully saturated rings. The molecule has 0 bridgehead atoms. The molecule has 3 aromatic heterocycles. The zero-order valence-electron chi connectivity index (χ0n) is 15.7. The lowest BCUT2D eigenvalue weighted by molar-refractivity contribution is -0.120. The number of phenols is 1. The third kappa shape index (κ3) is 3.20. The highest BCUT2D eigenvalue weighted by atomic mass is 32.1. The van der Waals surface area contributed by atoms with Crippen molar-refractivity contribution in [2.24, 2.45) is 5.92 Å². The van der Waals surface area contributed by atoms with Crippen LogP contribution in [0.25, 0.3) is 21.4 Å². The van der Waals surface area contributed by atoms with Crippen molar-refractivity contribution in [1.29, 1.82) is 0 Å². The zero-order chi connectivity index (χ0) is 20.8. The topological polar surface area (TPSA) is 132 Å². The van der Waals surface area contributed by atoms with Crippen LogP contribution in [0.2, 0.25) is 0 Å². The molecule has 0 unspecified atom stereocenters. The average Bonchev–Trinajstić information content (AvgIpc) is 3.33. The number of para-hydroxylation sites is 1. The third-order valence-electron chi connectivity index (χ3n) is 5.51. The third-order valence-corrected chi connectivity index (χ3v) is 6.45. The van der Waals surface area contributed by atoms with Crippen molar-refractivity contribution in [2.75, 3.05) is 11.1 Å². The van der Waals surface area contributed by atoms with E-state index in [0.29, 0.717) is 34.7 Å². The van der Waals surface area contributed by atoms with Crippen molar-refractivity contribution < 1.29 is 14.3 Å². The predicted molar refractivity (Wildman–Crippen MR) is 111 cm³/mol. The van der Waals surface area contributed by atoms with Gasteiger partial charge in [-0.2, -0.15) is 14.4 Å². The monoisotopic (exact) mass is 427 g/mol. The maximum atomic E-state index is 13.6. The number of hydrogen-bond donors (Lipinski definition) is 3. The lowest BCUT2D eigenvalue weighted by Crippen LogP contribution is -2.28. The molecule has 0 aliphatic heterocycles. The van der Waals surface area contributed by atoms with Crippen LogP contribution in [0.4, 0.5) is 15.3 Å². The van der Waals surface area contributed by atoms with Gasteiger partial charge in [-0.1, -0.05) is 17.4 Å². The van der Waals surface area contributed by atoms with Gasteiger partial charge in [0.05, 0.1) is 11.0 Å². The first kappa shape index (κ1) is 18.7. The van der Waals surface area contributed by atoms with Gasteiger partial charge in [-0.15, -0.1) is 0 Å². The largest absolute Gasteiger partial charge is 0.506 e. The fourth-order valence-electron chi connectivity index (χ4n) is 3.99. The second-order valence-electron chi connectivity index (χ2n) is 7.34. The lowest BCUT2D eigenvalue weighted by atomic mass is 9.85. The summed E-state index contributed by atoms with van der Waals surface area (Å²) in [6, 6.07) is 5.22. The molecule has 0 spiro atoms.